The van der Waals surface area contributed by atoms with Gasteiger partial charge in [0.05, 0.1) is 0 Å². The molecule has 0 bridgehead atoms. The van der Waals surface area contributed by atoms with E-state index in [0.29, 0.717) is 12.8 Å². The van der Waals surface area contributed by atoms with E-state index in [1.807, 2.05) is 0 Å². The van der Waals surface area contributed by atoms with E-state index in [9.17, 15) is 14.4 Å². The quantitative estimate of drug-likeness (QED) is 0.0264. The number of carbonyl (C=O) groups is 3. The Hall–Kier alpha value is -3.67. The SMILES string of the molecule is CC/C=C\C/C=C\C/C=C\C/C=C\C/C=C\CCCCCCCC(=O)OCC(COC(=O)CCCCCCCCCC)OC(=O)CCCCC/C=C\C/C=C\C/C=C\CC. The van der Waals surface area contributed by atoms with Gasteiger partial charge in [0.1, 0.15) is 13.2 Å². The fourth-order valence-corrected chi connectivity index (χ4v) is 6.25. The van der Waals surface area contributed by atoms with Crippen LogP contribution >= 0.6 is 0 Å². The second-order valence-electron chi connectivity index (χ2n) is 15.6. The van der Waals surface area contributed by atoms with Crippen molar-refractivity contribution in [3.8, 4) is 0 Å². The van der Waals surface area contributed by atoms with Crippen LogP contribution < -0.4 is 0 Å². The summed E-state index contributed by atoms with van der Waals surface area (Å²) in [5, 5.41) is 0. The molecule has 0 aromatic rings. The van der Waals surface area contributed by atoms with Crippen molar-refractivity contribution in [1.82, 2.24) is 0 Å². The van der Waals surface area contributed by atoms with Crippen LogP contribution in [0, 0.1) is 0 Å². The van der Waals surface area contributed by atoms with Crippen LogP contribution in [0.2, 0.25) is 0 Å². The van der Waals surface area contributed by atoms with Crippen molar-refractivity contribution in [1.29, 1.82) is 0 Å². The highest BCUT2D eigenvalue weighted by atomic mass is 16.6. The lowest BCUT2D eigenvalue weighted by Crippen LogP contribution is -2.30. The van der Waals surface area contributed by atoms with E-state index in [0.717, 1.165) is 135 Å². The summed E-state index contributed by atoms with van der Waals surface area (Å²) in [6.45, 7) is 6.32. The standard InChI is InChI=1S/C54H88O6/c1-4-7-10-13-16-19-21-23-24-25-26-27-28-29-30-32-33-35-38-41-44-47-53(56)59-50-51(49-58-52(55)46-43-40-37-18-15-12-9-6-3)60-54(57)48-45-42-39-36-34-31-22-20-17-14-11-8-5-2/h7-8,10-11,16-17,19-20,23-24,26-27,29-31,34,51H,4-6,9,12-15,18,21-22,25,28,32-33,35-50H2,1-3H3/b10-7-,11-8-,19-16-,20-17-,24-23-,27-26-,30-29-,34-31-. The van der Waals surface area contributed by atoms with Crippen molar-refractivity contribution in [2.24, 2.45) is 0 Å². The van der Waals surface area contributed by atoms with E-state index in [-0.39, 0.29) is 37.5 Å². The van der Waals surface area contributed by atoms with Crippen LogP contribution in [0.3, 0.4) is 0 Å². The van der Waals surface area contributed by atoms with Crippen LogP contribution in [0.5, 0.6) is 0 Å². The van der Waals surface area contributed by atoms with Crippen molar-refractivity contribution in [3.05, 3.63) is 97.2 Å². The average molecular weight is 833 g/mol. The Morgan fingerprint density at radius 2 is 0.650 bits per heavy atom. The number of rotatable bonds is 42. The molecule has 0 saturated carbocycles. The number of unbranched alkanes of at least 4 members (excludes halogenated alkanes) is 15. The molecule has 0 fully saturated rings. The van der Waals surface area contributed by atoms with Gasteiger partial charge in [0, 0.05) is 19.3 Å². The predicted molar refractivity (Wildman–Crippen MR) is 256 cm³/mol. The monoisotopic (exact) mass is 833 g/mol. The first kappa shape index (κ1) is 56.3. The van der Waals surface area contributed by atoms with Gasteiger partial charge in [-0.05, 0) is 96.3 Å². The predicted octanol–water partition coefficient (Wildman–Crippen LogP) is 15.8. The number of hydrogen-bond acceptors (Lipinski definition) is 6. The normalized spacial score (nSPS) is 12.9. The Morgan fingerprint density at radius 1 is 0.350 bits per heavy atom. The van der Waals surface area contributed by atoms with Crippen molar-refractivity contribution in [2.75, 3.05) is 13.2 Å². The van der Waals surface area contributed by atoms with Gasteiger partial charge in [-0.2, -0.15) is 0 Å². The van der Waals surface area contributed by atoms with E-state index in [1.54, 1.807) is 0 Å². The Labute approximate surface area is 368 Å². The van der Waals surface area contributed by atoms with Crippen molar-refractivity contribution >= 4 is 17.9 Å². The molecule has 0 aromatic carbocycles. The first-order valence-corrected chi connectivity index (χ1v) is 24.2. The average Bonchev–Trinajstić information content (AvgIpc) is 3.24. The summed E-state index contributed by atoms with van der Waals surface area (Å²) in [5.74, 6) is -0.957. The van der Waals surface area contributed by atoms with E-state index >= 15 is 0 Å². The highest BCUT2D eigenvalue weighted by Crippen LogP contribution is 2.13. The maximum Gasteiger partial charge on any atom is 0.306 e. The highest BCUT2D eigenvalue weighted by molar-refractivity contribution is 5.71. The Kier molecular flexibility index (Phi) is 45.1. The smallest absolute Gasteiger partial charge is 0.306 e. The van der Waals surface area contributed by atoms with Gasteiger partial charge in [0.25, 0.3) is 0 Å². The number of allylic oxidation sites excluding steroid dienone is 16. The highest BCUT2D eigenvalue weighted by Gasteiger charge is 2.19. The summed E-state index contributed by atoms with van der Waals surface area (Å²) in [6.07, 6.45) is 62.6. The molecule has 1 unspecified atom stereocenters. The molecule has 1 atom stereocenters. The van der Waals surface area contributed by atoms with Gasteiger partial charge in [0.2, 0.25) is 0 Å². The molecule has 0 aromatic heterocycles. The van der Waals surface area contributed by atoms with E-state index in [1.165, 1.54) is 32.1 Å². The maximum atomic E-state index is 12.7. The maximum absolute atomic E-state index is 12.7. The lowest BCUT2D eigenvalue weighted by atomic mass is 10.1. The molecule has 0 spiro atoms. The molecule has 0 radical (unpaired) electrons. The fourth-order valence-electron chi connectivity index (χ4n) is 6.25. The molecule has 6 heteroatoms. The minimum atomic E-state index is -0.798. The summed E-state index contributed by atoms with van der Waals surface area (Å²) in [7, 11) is 0. The van der Waals surface area contributed by atoms with Gasteiger partial charge < -0.3 is 14.2 Å². The third-order valence-electron chi connectivity index (χ3n) is 9.83. The molecule has 0 N–H and O–H groups in total. The fraction of sp³-hybridized carbons (Fsp3) is 0.648. The van der Waals surface area contributed by atoms with Crippen molar-refractivity contribution in [2.45, 2.75) is 213 Å². The third-order valence-corrected chi connectivity index (χ3v) is 9.83. The van der Waals surface area contributed by atoms with Crippen LogP contribution in [0.4, 0.5) is 0 Å². The van der Waals surface area contributed by atoms with Crippen LogP contribution in [-0.4, -0.2) is 37.2 Å². The summed E-state index contributed by atoms with van der Waals surface area (Å²) in [4.78, 5) is 37.7. The van der Waals surface area contributed by atoms with Crippen molar-refractivity contribution in [3.63, 3.8) is 0 Å². The van der Waals surface area contributed by atoms with Gasteiger partial charge in [-0.15, -0.1) is 0 Å². The zero-order valence-electron chi connectivity index (χ0n) is 38.7. The first-order valence-electron chi connectivity index (χ1n) is 24.2. The molecule has 0 heterocycles. The molecule has 0 saturated heterocycles. The molecule has 0 aliphatic rings. The van der Waals surface area contributed by atoms with Crippen LogP contribution in [0.1, 0.15) is 207 Å². The molecule has 60 heavy (non-hydrogen) atoms. The minimum absolute atomic E-state index is 0.0963. The van der Waals surface area contributed by atoms with Gasteiger partial charge >= 0.3 is 17.9 Å². The lowest BCUT2D eigenvalue weighted by molar-refractivity contribution is -0.167. The zero-order chi connectivity index (χ0) is 43.7. The summed E-state index contributed by atoms with van der Waals surface area (Å²) in [6, 6.07) is 0. The summed E-state index contributed by atoms with van der Waals surface area (Å²) >= 11 is 0. The summed E-state index contributed by atoms with van der Waals surface area (Å²) in [5.41, 5.74) is 0. The largest absolute Gasteiger partial charge is 0.462 e. The van der Waals surface area contributed by atoms with Gasteiger partial charge in [-0.1, -0.05) is 189 Å². The second-order valence-corrected chi connectivity index (χ2v) is 15.6. The Balaban J connectivity index is 4.37. The third kappa shape index (κ3) is 45.4. The van der Waals surface area contributed by atoms with Gasteiger partial charge in [0.15, 0.2) is 6.10 Å². The summed E-state index contributed by atoms with van der Waals surface area (Å²) < 4.78 is 16.7. The second kappa shape index (κ2) is 48.0. The van der Waals surface area contributed by atoms with E-state index in [2.05, 4.69) is 118 Å². The first-order chi connectivity index (χ1) is 29.5. The molecule has 340 valence electrons. The number of hydrogen-bond donors (Lipinski definition) is 0. The molecule has 0 amide bonds. The topological polar surface area (TPSA) is 78.9 Å². The number of ether oxygens (including phenoxy) is 3. The molecular weight excluding hydrogens is 745 g/mol. The molecule has 0 aliphatic carbocycles. The van der Waals surface area contributed by atoms with E-state index in [4.69, 9.17) is 14.2 Å². The molecule has 6 nitrogen and oxygen atoms in total. The number of carbonyl (C=O) groups excluding carboxylic acids is 3. The molecule has 0 rings (SSSR count). The minimum Gasteiger partial charge on any atom is -0.462 e. The van der Waals surface area contributed by atoms with E-state index < -0.39 is 6.10 Å². The van der Waals surface area contributed by atoms with Gasteiger partial charge in [-0.25, -0.2) is 0 Å². The molecular formula is C54H88O6. The Bertz CT molecular complexity index is 1230. The van der Waals surface area contributed by atoms with Gasteiger partial charge in [-0.3, -0.25) is 14.4 Å². The molecule has 0 aliphatic heterocycles. The Morgan fingerprint density at radius 3 is 1.03 bits per heavy atom. The van der Waals surface area contributed by atoms with Crippen LogP contribution in [-0.2, 0) is 28.6 Å². The number of esters is 3. The zero-order valence-corrected chi connectivity index (χ0v) is 38.7. The van der Waals surface area contributed by atoms with Crippen LogP contribution in [0.15, 0.2) is 97.2 Å². The van der Waals surface area contributed by atoms with Crippen LogP contribution in [0.25, 0.3) is 0 Å². The lowest BCUT2D eigenvalue weighted by Gasteiger charge is -2.18. The van der Waals surface area contributed by atoms with Crippen molar-refractivity contribution < 1.29 is 28.6 Å².